The molecule has 0 amide bonds. The first-order chi connectivity index (χ1) is 29.8. The van der Waals surface area contributed by atoms with Gasteiger partial charge < -0.3 is 34.7 Å². The Labute approximate surface area is 405 Å². The molecular weight excluding hydrogens is 853 g/mol. The van der Waals surface area contributed by atoms with Gasteiger partial charge in [-0.2, -0.15) is 10.1 Å². The van der Waals surface area contributed by atoms with E-state index in [4.69, 9.17) is 18.9 Å². The van der Waals surface area contributed by atoms with Gasteiger partial charge >= 0.3 is 23.9 Å². The van der Waals surface area contributed by atoms with E-state index < -0.39 is 22.2 Å². The summed E-state index contributed by atoms with van der Waals surface area (Å²) in [6.07, 6.45) is 5.51. The van der Waals surface area contributed by atoms with Gasteiger partial charge in [-0.05, 0) is 146 Å². The number of carbonyl (C=O) groups is 4. The van der Waals surface area contributed by atoms with E-state index in [1.165, 1.54) is 10.1 Å². The average Bonchev–Trinajstić information content (AvgIpc) is 3.10. The molecule has 386 valence electrons. The Hall–Kier alpha value is -3.40. The van der Waals surface area contributed by atoms with E-state index in [1.54, 1.807) is 27.7 Å². The number of ether oxygens (including phenoxy) is 4. The molecular formula is C53H94N4O10. The summed E-state index contributed by atoms with van der Waals surface area (Å²) >= 11 is 0. The number of esters is 4. The topological polar surface area (TPSA) is 167 Å². The number of nitrogens with zero attached hydrogens (tertiary/aromatic N) is 3. The van der Waals surface area contributed by atoms with E-state index in [9.17, 15) is 29.6 Å². The number of carbonyl (C=O) groups excluding carboxylic acids is 4. The van der Waals surface area contributed by atoms with Crippen LogP contribution in [0.5, 0.6) is 0 Å². The van der Waals surface area contributed by atoms with Crippen molar-refractivity contribution in [3.8, 4) is 0 Å². The maximum absolute atomic E-state index is 11.6. The zero-order chi connectivity index (χ0) is 52.9. The van der Waals surface area contributed by atoms with Crippen molar-refractivity contribution in [3.05, 3.63) is 48.6 Å². The van der Waals surface area contributed by atoms with Crippen molar-refractivity contribution >= 4 is 23.9 Å². The molecule has 0 radical (unpaired) electrons. The predicted molar refractivity (Wildman–Crippen MR) is 266 cm³/mol. The Morgan fingerprint density at radius 1 is 0.403 bits per heavy atom. The average molecular weight is 947 g/mol. The quantitative estimate of drug-likeness (QED) is 0.119. The molecule has 0 aromatic rings. The number of rotatable bonds is 8. The molecule has 0 saturated carbocycles. The van der Waals surface area contributed by atoms with Gasteiger partial charge in [0.1, 0.15) is 24.4 Å². The zero-order valence-electron chi connectivity index (χ0n) is 45.8. The number of hydroxylamine groups is 4. The fourth-order valence-corrected chi connectivity index (χ4v) is 10.2. The molecule has 3 N–H and O–H groups in total. The summed E-state index contributed by atoms with van der Waals surface area (Å²) in [5, 5.41) is 26.5. The van der Waals surface area contributed by atoms with E-state index in [0.29, 0.717) is 48.0 Å². The lowest BCUT2D eigenvalue weighted by molar-refractivity contribution is -0.259. The van der Waals surface area contributed by atoms with E-state index in [0.717, 1.165) is 25.7 Å². The Bertz CT molecular complexity index is 1600. The van der Waals surface area contributed by atoms with Crippen LogP contribution in [0.25, 0.3) is 0 Å². The molecule has 0 bridgehead atoms. The van der Waals surface area contributed by atoms with Gasteiger partial charge in [0.25, 0.3) is 0 Å². The summed E-state index contributed by atoms with van der Waals surface area (Å²) in [6, 6.07) is 0. The van der Waals surface area contributed by atoms with Crippen molar-refractivity contribution in [2.24, 2.45) is 0 Å². The van der Waals surface area contributed by atoms with E-state index in [2.05, 4.69) is 99.0 Å². The normalized spacial score (nSPS) is 24.2. The lowest BCUT2D eigenvalue weighted by Crippen LogP contribution is -2.60. The number of hydrogen-bond donors (Lipinski definition) is 3. The van der Waals surface area contributed by atoms with E-state index in [-0.39, 0.29) is 70.4 Å². The van der Waals surface area contributed by atoms with Gasteiger partial charge in [0.15, 0.2) is 0 Å². The van der Waals surface area contributed by atoms with Gasteiger partial charge in [0.2, 0.25) is 0 Å². The second-order valence-electron chi connectivity index (χ2n) is 24.8. The lowest BCUT2D eigenvalue weighted by atomic mass is 9.79. The van der Waals surface area contributed by atoms with Gasteiger partial charge in [0.05, 0.1) is 0 Å². The second kappa shape index (κ2) is 22.6. The minimum Gasteiger partial charge on any atom is -0.459 e. The van der Waals surface area contributed by atoms with Gasteiger partial charge in [-0.25, -0.2) is 19.2 Å². The van der Waals surface area contributed by atoms with Gasteiger partial charge in [0, 0.05) is 118 Å². The summed E-state index contributed by atoms with van der Waals surface area (Å²) in [5.74, 6) is -1.26. The Balaban J connectivity index is 0.000000447. The van der Waals surface area contributed by atoms with Crippen LogP contribution in [0.1, 0.15) is 190 Å². The summed E-state index contributed by atoms with van der Waals surface area (Å²) in [5.41, 5.74) is 0.243. The minimum absolute atomic E-state index is 0.00176. The molecule has 0 aliphatic carbocycles. The van der Waals surface area contributed by atoms with Crippen molar-refractivity contribution in [2.75, 3.05) is 7.05 Å². The van der Waals surface area contributed by atoms with Crippen molar-refractivity contribution in [2.45, 2.75) is 259 Å². The zero-order valence-corrected chi connectivity index (χ0v) is 45.8. The highest BCUT2D eigenvalue weighted by Gasteiger charge is 2.48. The molecule has 0 aromatic heterocycles. The third kappa shape index (κ3) is 18.8. The third-order valence-corrected chi connectivity index (χ3v) is 13.1. The highest BCUT2D eigenvalue weighted by Crippen LogP contribution is 2.40. The molecule has 0 aromatic carbocycles. The van der Waals surface area contributed by atoms with Crippen molar-refractivity contribution in [1.29, 1.82) is 0 Å². The maximum Gasteiger partial charge on any atom is 0.333 e. The first-order valence-electron chi connectivity index (χ1n) is 23.8. The number of hydrogen-bond acceptors (Lipinski definition) is 14. The molecule has 14 nitrogen and oxygen atoms in total. The largest absolute Gasteiger partial charge is 0.459 e. The fraction of sp³-hybridized carbons (Fsp3) is 0.774. The molecule has 4 aliphatic rings. The standard InChI is InChI=1S/C14H25NO2.2C13H23NO3.C13H23NO2/c1-10(2)12(16)17-11-8-13(3,4)15(7)14(5,6)9-11;2*1-9(2)11(15)17-10-7-12(3,4)14(16)13(5,6)8-10;1-9(2)11(15)16-10-7-12(3,4)14-13(5,6)8-10/h11H,1,8-9H2,2-7H3;2*10,16H,1,7-8H2,2-6H3;10,14H,1,7-8H2,2-6H3. The SMILES string of the molecule is C=C(C)C(=O)OC1CC(C)(C)N(C)C(C)(C)C1.C=C(C)C(=O)OC1CC(C)(C)N(O)C(C)(C)C1.C=C(C)C(=O)OC1CC(C)(C)N(O)C(C)(C)C1.C=C(C)C(=O)OC1CC(C)(C)NC(C)(C)C1. The monoisotopic (exact) mass is 947 g/mol. The number of piperidine rings is 4. The van der Waals surface area contributed by atoms with Crippen molar-refractivity contribution in [3.63, 3.8) is 0 Å². The maximum atomic E-state index is 11.6. The van der Waals surface area contributed by atoms with Crippen LogP contribution < -0.4 is 5.32 Å². The molecule has 4 heterocycles. The van der Waals surface area contributed by atoms with E-state index >= 15 is 0 Å². The van der Waals surface area contributed by atoms with Gasteiger partial charge in [-0.1, -0.05) is 26.3 Å². The number of likely N-dealkylation sites (tertiary alicyclic amines) is 1. The molecule has 0 unspecified atom stereocenters. The minimum atomic E-state index is -0.401. The van der Waals surface area contributed by atoms with Crippen LogP contribution in [0.3, 0.4) is 0 Å². The predicted octanol–water partition coefficient (Wildman–Crippen LogP) is 10.2. The fourth-order valence-electron chi connectivity index (χ4n) is 10.2. The van der Waals surface area contributed by atoms with Crippen LogP contribution in [0.2, 0.25) is 0 Å². The summed E-state index contributed by atoms with van der Waals surface area (Å²) in [7, 11) is 2.14. The third-order valence-electron chi connectivity index (χ3n) is 13.1. The second-order valence-corrected chi connectivity index (χ2v) is 24.8. The van der Waals surface area contributed by atoms with Crippen molar-refractivity contribution in [1.82, 2.24) is 20.3 Å². The molecule has 4 rings (SSSR count). The van der Waals surface area contributed by atoms with Crippen LogP contribution in [0.15, 0.2) is 48.6 Å². The smallest absolute Gasteiger partial charge is 0.333 e. The van der Waals surface area contributed by atoms with Crippen LogP contribution in [0.4, 0.5) is 0 Å². The first-order valence-corrected chi connectivity index (χ1v) is 23.8. The Kier molecular flexibility index (Phi) is 20.8. The summed E-state index contributed by atoms with van der Waals surface area (Å²) in [4.78, 5) is 48.5. The van der Waals surface area contributed by atoms with Crippen molar-refractivity contribution < 1.29 is 48.5 Å². The van der Waals surface area contributed by atoms with Gasteiger partial charge in [-0.15, -0.1) is 0 Å². The van der Waals surface area contributed by atoms with E-state index in [1.807, 2.05) is 55.4 Å². The van der Waals surface area contributed by atoms with Gasteiger partial charge in [-0.3, -0.25) is 4.90 Å². The van der Waals surface area contributed by atoms with Crippen LogP contribution in [-0.2, 0) is 38.1 Å². The molecule has 0 atom stereocenters. The van der Waals surface area contributed by atoms with Crippen LogP contribution in [0, 0.1) is 0 Å². The molecule has 0 spiro atoms. The molecule has 67 heavy (non-hydrogen) atoms. The molecule has 4 saturated heterocycles. The summed E-state index contributed by atoms with van der Waals surface area (Å²) in [6.45, 7) is 53.8. The first kappa shape index (κ1) is 61.6. The lowest BCUT2D eigenvalue weighted by Gasteiger charge is -2.53. The highest BCUT2D eigenvalue weighted by molar-refractivity contribution is 5.88. The Morgan fingerprint density at radius 2 is 0.582 bits per heavy atom. The Morgan fingerprint density at radius 3 is 0.776 bits per heavy atom. The molecule has 4 fully saturated rings. The highest BCUT2D eigenvalue weighted by atomic mass is 16.6. The molecule has 4 aliphatic heterocycles. The summed E-state index contributed by atoms with van der Waals surface area (Å²) < 4.78 is 21.7. The van der Waals surface area contributed by atoms with Crippen LogP contribution >= 0.6 is 0 Å². The van der Waals surface area contributed by atoms with Crippen LogP contribution in [-0.4, -0.2) is 125 Å². The molecule has 14 heteroatoms. The number of nitrogens with one attached hydrogen (secondary N) is 1.